The van der Waals surface area contributed by atoms with Crippen LogP contribution in [0.15, 0.2) is 36.4 Å². The third kappa shape index (κ3) is 4.35. The second kappa shape index (κ2) is 7.79. The number of fused-ring (bicyclic) bond motifs is 1. The quantitative estimate of drug-likeness (QED) is 0.754. The topological polar surface area (TPSA) is 82.8 Å². The molecule has 0 spiro atoms. The number of anilines is 2. The fraction of sp³-hybridized carbons (Fsp3) is 0.316. The Bertz CT molecular complexity index is 744. The number of nitrogens with two attached hydrogens (primary N) is 1. The van der Waals surface area contributed by atoms with Crippen molar-refractivity contribution in [3.63, 3.8) is 0 Å². The molecule has 0 saturated carbocycles. The predicted molar refractivity (Wildman–Crippen MR) is 96.2 cm³/mol. The van der Waals surface area contributed by atoms with Crippen LogP contribution in [0.1, 0.15) is 25.3 Å². The molecule has 1 aliphatic rings. The molecule has 0 fully saturated rings. The standard InChI is InChI=1S/C19H22N2O4/c1-2-9-23-14-6-3-13(4-7-14)5-8-19(22)21-16-11-18-17(10-15(16)20)24-12-25-18/h3-4,6-7,10-11H,2,5,8-9,12,20H2,1H3,(H,21,22). The van der Waals surface area contributed by atoms with E-state index in [1.807, 2.05) is 24.3 Å². The second-order valence-corrected chi connectivity index (χ2v) is 5.83. The zero-order chi connectivity index (χ0) is 17.6. The first kappa shape index (κ1) is 17.0. The summed E-state index contributed by atoms with van der Waals surface area (Å²) in [6.45, 7) is 2.95. The lowest BCUT2D eigenvalue weighted by Gasteiger charge is -2.10. The van der Waals surface area contributed by atoms with Gasteiger partial charge >= 0.3 is 0 Å². The van der Waals surface area contributed by atoms with Gasteiger partial charge in [-0.15, -0.1) is 0 Å². The van der Waals surface area contributed by atoms with Crippen LogP contribution in [0.25, 0.3) is 0 Å². The van der Waals surface area contributed by atoms with Gasteiger partial charge < -0.3 is 25.3 Å². The van der Waals surface area contributed by atoms with Crippen LogP contribution in [0.4, 0.5) is 11.4 Å². The molecule has 132 valence electrons. The van der Waals surface area contributed by atoms with Gasteiger partial charge in [-0.2, -0.15) is 0 Å². The molecule has 1 aliphatic heterocycles. The summed E-state index contributed by atoms with van der Waals surface area (Å²) < 4.78 is 16.1. The van der Waals surface area contributed by atoms with Gasteiger partial charge in [0.05, 0.1) is 18.0 Å². The summed E-state index contributed by atoms with van der Waals surface area (Å²) in [5, 5.41) is 2.83. The van der Waals surface area contributed by atoms with Crippen LogP contribution in [-0.2, 0) is 11.2 Å². The predicted octanol–water partition coefficient (Wildman–Crippen LogP) is 3.36. The lowest BCUT2D eigenvalue weighted by Crippen LogP contribution is -2.13. The molecule has 6 heteroatoms. The Labute approximate surface area is 146 Å². The van der Waals surface area contributed by atoms with E-state index in [4.69, 9.17) is 19.9 Å². The van der Waals surface area contributed by atoms with Crippen LogP contribution < -0.4 is 25.3 Å². The molecule has 0 saturated heterocycles. The van der Waals surface area contributed by atoms with E-state index in [9.17, 15) is 4.79 Å². The average molecular weight is 342 g/mol. The Morgan fingerprint density at radius 3 is 2.64 bits per heavy atom. The average Bonchev–Trinajstić information content (AvgIpc) is 3.06. The van der Waals surface area contributed by atoms with E-state index < -0.39 is 0 Å². The summed E-state index contributed by atoms with van der Waals surface area (Å²) in [7, 11) is 0. The van der Waals surface area contributed by atoms with Crippen molar-refractivity contribution in [2.45, 2.75) is 26.2 Å². The van der Waals surface area contributed by atoms with Gasteiger partial charge in [0, 0.05) is 18.6 Å². The zero-order valence-corrected chi connectivity index (χ0v) is 14.2. The van der Waals surface area contributed by atoms with Crippen molar-refractivity contribution >= 4 is 17.3 Å². The number of nitrogen functional groups attached to an aromatic ring is 1. The van der Waals surface area contributed by atoms with Crippen molar-refractivity contribution in [3.8, 4) is 17.2 Å². The number of amides is 1. The van der Waals surface area contributed by atoms with E-state index in [-0.39, 0.29) is 12.7 Å². The third-order valence-corrected chi connectivity index (χ3v) is 3.86. The molecule has 0 atom stereocenters. The number of carbonyl (C=O) groups is 1. The van der Waals surface area contributed by atoms with Crippen LogP contribution >= 0.6 is 0 Å². The van der Waals surface area contributed by atoms with Gasteiger partial charge in [0.1, 0.15) is 5.75 Å². The maximum absolute atomic E-state index is 12.2. The van der Waals surface area contributed by atoms with Gasteiger partial charge in [0.25, 0.3) is 0 Å². The fourth-order valence-electron chi connectivity index (χ4n) is 2.51. The molecule has 3 rings (SSSR count). The minimum Gasteiger partial charge on any atom is -0.494 e. The van der Waals surface area contributed by atoms with E-state index in [0.717, 1.165) is 17.7 Å². The Morgan fingerprint density at radius 2 is 1.92 bits per heavy atom. The van der Waals surface area contributed by atoms with E-state index in [0.29, 0.717) is 42.3 Å². The van der Waals surface area contributed by atoms with E-state index in [2.05, 4.69) is 12.2 Å². The number of rotatable bonds is 7. The van der Waals surface area contributed by atoms with Gasteiger partial charge in [0.15, 0.2) is 11.5 Å². The Hall–Kier alpha value is -2.89. The van der Waals surface area contributed by atoms with Crippen LogP contribution in [0.3, 0.4) is 0 Å². The Morgan fingerprint density at radius 1 is 1.20 bits per heavy atom. The van der Waals surface area contributed by atoms with E-state index in [1.54, 1.807) is 12.1 Å². The largest absolute Gasteiger partial charge is 0.494 e. The van der Waals surface area contributed by atoms with E-state index in [1.165, 1.54) is 0 Å². The zero-order valence-electron chi connectivity index (χ0n) is 14.2. The minimum absolute atomic E-state index is 0.100. The molecule has 2 aromatic carbocycles. The molecule has 2 aromatic rings. The van der Waals surface area contributed by atoms with Crippen molar-refractivity contribution in [3.05, 3.63) is 42.0 Å². The van der Waals surface area contributed by atoms with Crippen molar-refractivity contribution in [1.82, 2.24) is 0 Å². The molecule has 1 amide bonds. The maximum Gasteiger partial charge on any atom is 0.231 e. The lowest BCUT2D eigenvalue weighted by atomic mass is 10.1. The number of ether oxygens (including phenoxy) is 3. The highest BCUT2D eigenvalue weighted by Gasteiger charge is 2.17. The number of hydrogen-bond donors (Lipinski definition) is 2. The van der Waals surface area contributed by atoms with E-state index >= 15 is 0 Å². The molecule has 0 aromatic heterocycles. The molecule has 3 N–H and O–H groups in total. The number of aryl methyl sites for hydroxylation is 1. The number of nitrogens with one attached hydrogen (secondary N) is 1. The summed E-state index contributed by atoms with van der Waals surface area (Å²) >= 11 is 0. The highest BCUT2D eigenvalue weighted by atomic mass is 16.7. The van der Waals surface area contributed by atoms with Crippen molar-refractivity contribution in [2.75, 3.05) is 24.5 Å². The SMILES string of the molecule is CCCOc1ccc(CCC(=O)Nc2cc3c(cc2N)OCO3)cc1. The first-order valence-electron chi connectivity index (χ1n) is 8.36. The fourth-order valence-corrected chi connectivity index (χ4v) is 2.51. The molecule has 1 heterocycles. The first-order valence-corrected chi connectivity index (χ1v) is 8.36. The summed E-state index contributed by atoms with van der Waals surface area (Å²) in [6.07, 6.45) is 1.98. The molecule has 0 unspecified atom stereocenters. The molecular weight excluding hydrogens is 320 g/mol. The lowest BCUT2D eigenvalue weighted by molar-refractivity contribution is -0.116. The van der Waals surface area contributed by atoms with Gasteiger partial charge in [-0.25, -0.2) is 0 Å². The molecule has 0 bridgehead atoms. The van der Waals surface area contributed by atoms with Crippen molar-refractivity contribution in [1.29, 1.82) is 0 Å². The molecule has 25 heavy (non-hydrogen) atoms. The van der Waals surface area contributed by atoms with Crippen LogP contribution in [0.2, 0.25) is 0 Å². The number of carbonyl (C=O) groups excluding carboxylic acids is 1. The highest BCUT2D eigenvalue weighted by molar-refractivity contribution is 5.94. The normalized spacial score (nSPS) is 12.0. The smallest absolute Gasteiger partial charge is 0.231 e. The monoisotopic (exact) mass is 342 g/mol. The summed E-state index contributed by atoms with van der Waals surface area (Å²) in [5.41, 5.74) is 8.02. The third-order valence-electron chi connectivity index (χ3n) is 3.86. The Kier molecular flexibility index (Phi) is 5.28. The molecule has 6 nitrogen and oxygen atoms in total. The van der Waals surface area contributed by atoms with Crippen LogP contribution in [-0.4, -0.2) is 19.3 Å². The van der Waals surface area contributed by atoms with Crippen molar-refractivity contribution in [2.24, 2.45) is 0 Å². The van der Waals surface area contributed by atoms with Gasteiger partial charge in [-0.05, 0) is 30.5 Å². The summed E-state index contributed by atoms with van der Waals surface area (Å²) in [5.74, 6) is 1.94. The maximum atomic E-state index is 12.2. The molecule has 0 radical (unpaired) electrons. The second-order valence-electron chi connectivity index (χ2n) is 5.83. The highest BCUT2D eigenvalue weighted by Crippen LogP contribution is 2.38. The van der Waals surface area contributed by atoms with Crippen LogP contribution in [0.5, 0.6) is 17.2 Å². The molecule has 0 aliphatic carbocycles. The first-order chi connectivity index (χ1) is 12.2. The molecular formula is C19H22N2O4. The minimum atomic E-state index is -0.100. The Balaban J connectivity index is 1.53. The van der Waals surface area contributed by atoms with Gasteiger partial charge in [-0.3, -0.25) is 4.79 Å². The summed E-state index contributed by atoms with van der Waals surface area (Å²) in [6, 6.07) is 11.2. The van der Waals surface area contributed by atoms with Gasteiger partial charge in [0.2, 0.25) is 12.7 Å². The summed E-state index contributed by atoms with van der Waals surface area (Å²) in [4.78, 5) is 12.2. The van der Waals surface area contributed by atoms with Gasteiger partial charge in [-0.1, -0.05) is 19.1 Å². The number of hydrogen-bond acceptors (Lipinski definition) is 5. The van der Waals surface area contributed by atoms with Crippen LogP contribution in [0, 0.1) is 0 Å². The van der Waals surface area contributed by atoms with Crippen molar-refractivity contribution < 1.29 is 19.0 Å². The number of benzene rings is 2.